The molecule has 0 spiro atoms. The van der Waals surface area contributed by atoms with Gasteiger partial charge in [-0.05, 0) is 67.8 Å². The largest absolute Gasteiger partial charge is 0.316 e. The summed E-state index contributed by atoms with van der Waals surface area (Å²) in [7, 11) is 1.93. The second-order valence-corrected chi connectivity index (χ2v) is 5.67. The van der Waals surface area contributed by atoms with Gasteiger partial charge in [0.1, 0.15) is 11.6 Å². The maximum absolute atomic E-state index is 13.6. The van der Waals surface area contributed by atoms with Crippen LogP contribution in [0.4, 0.5) is 8.78 Å². The van der Waals surface area contributed by atoms with Gasteiger partial charge in [-0.2, -0.15) is 0 Å². The van der Waals surface area contributed by atoms with E-state index in [1.807, 2.05) is 7.05 Å². The maximum Gasteiger partial charge on any atom is 0.126 e. The van der Waals surface area contributed by atoms with E-state index in [1.54, 1.807) is 0 Å². The van der Waals surface area contributed by atoms with Gasteiger partial charge in [-0.1, -0.05) is 6.42 Å². The van der Waals surface area contributed by atoms with Gasteiger partial charge in [0.2, 0.25) is 0 Å². The highest BCUT2D eigenvalue weighted by Crippen LogP contribution is 2.59. The molecule has 2 aliphatic rings. The normalized spacial score (nSPS) is 31.2. The summed E-state index contributed by atoms with van der Waals surface area (Å²) < 4.78 is 26.8. The lowest BCUT2D eigenvalue weighted by Crippen LogP contribution is -2.32. The lowest BCUT2D eigenvalue weighted by molar-refractivity contribution is 0.421. The molecule has 1 aromatic carbocycles. The summed E-state index contributed by atoms with van der Waals surface area (Å²) in [5.74, 6) is 1.70. The minimum Gasteiger partial charge on any atom is -0.316 e. The molecule has 2 aliphatic carbocycles. The SMILES string of the molecule is CNC(Cc1cc(F)ccc1F)C1C2CCCC21. The van der Waals surface area contributed by atoms with Gasteiger partial charge in [-0.25, -0.2) is 8.78 Å². The predicted molar refractivity (Wildman–Crippen MR) is 67.2 cm³/mol. The zero-order valence-corrected chi connectivity index (χ0v) is 10.6. The second kappa shape index (κ2) is 4.61. The zero-order valence-electron chi connectivity index (χ0n) is 10.6. The third-order valence-corrected chi connectivity index (χ3v) is 4.76. The average molecular weight is 251 g/mol. The highest BCUT2D eigenvalue weighted by Gasteiger charge is 2.55. The van der Waals surface area contributed by atoms with Crippen LogP contribution in [0.25, 0.3) is 0 Å². The average Bonchev–Trinajstić information content (AvgIpc) is 2.83. The molecule has 1 nitrogen and oxygen atoms in total. The summed E-state index contributed by atoms with van der Waals surface area (Å²) in [5.41, 5.74) is 0.499. The Morgan fingerprint density at radius 2 is 2.00 bits per heavy atom. The fraction of sp³-hybridized carbons (Fsp3) is 0.600. The van der Waals surface area contributed by atoms with E-state index in [4.69, 9.17) is 0 Å². The van der Waals surface area contributed by atoms with Crippen molar-refractivity contribution in [3.8, 4) is 0 Å². The molecule has 3 heteroatoms. The molecule has 0 heterocycles. The van der Waals surface area contributed by atoms with E-state index < -0.39 is 0 Å². The number of fused-ring (bicyclic) bond motifs is 1. The van der Waals surface area contributed by atoms with Crippen molar-refractivity contribution in [3.63, 3.8) is 0 Å². The van der Waals surface area contributed by atoms with Crippen LogP contribution in [0.1, 0.15) is 24.8 Å². The maximum atomic E-state index is 13.6. The first-order valence-electron chi connectivity index (χ1n) is 6.82. The van der Waals surface area contributed by atoms with Crippen LogP contribution >= 0.6 is 0 Å². The molecule has 3 rings (SSSR count). The van der Waals surface area contributed by atoms with Gasteiger partial charge in [0.25, 0.3) is 0 Å². The summed E-state index contributed by atoms with van der Waals surface area (Å²) >= 11 is 0. The molecule has 1 aromatic rings. The minimum absolute atomic E-state index is 0.289. The Bertz CT molecular complexity index is 436. The summed E-state index contributed by atoms with van der Waals surface area (Å²) in [4.78, 5) is 0. The molecule has 98 valence electrons. The van der Waals surface area contributed by atoms with Crippen molar-refractivity contribution in [3.05, 3.63) is 35.4 Å². The molecular formula is C15H19F2N. The lowest BCUT2D eigenvalue weighted by atomic mass is 9.97. The van der Waals surface area contributed by atoms with E-state index in [-0.39, 0.29) is 17.7 Å². The van der Waals surface area contributed by atoms with Crippen molar-refractivity contribution in [2.75, 3.05) is 7.05 Å². The van der Waals surface area contributed by atoms with Gasteiger partial charge >= 0.3 is 0 Å². The van der Waals surface area contributed by atoms with Gasteiger partial charge in [0.05, 0.1) is 0 Å². The highest BCUT2D eigenvalue weighted by atomic mass is 19.1. The molecule has 3 unspecified atom stereocenters. The van der Waals surface area contributed by atoms with Crippen molar-refractivity contribution in [1.82, 2.24) is 5.32 Å². The predicted octanol–water partition coefficient (Wildman–Crippen LogP) is 3.14. The van der Waals surface area contributed by atoms with E-state index in [2.05, 4.69) is 5.32 Å². The van der Waals surface area contributed by atoms with E-state index >= 15 is 0 Å². The van der Waals surface area contributed by atoms with E-state index in [0.717, 1.165) is 11.8 Å². The molecule has 0 amide bonds. The topological polar surface area (TPSA) is 12.0 Å². The van der Waals surface area contributed by atoms with Crippen LogP contribution < -0.4 is 5.32 Å². The fourth-order valence-electron chi connectivity index (χ4n) is 3.84. The van der Waals surface area contributed by atoms with E-state index in [1.165, 1.54) is 37.5 Å². The Balaban J connectivity index is 1.72. The number of benzene rings is 1. The third kappa shape index (κ3) is 2.05. The summed E-state index contributed by atoms with van der Waals surface area (Å²) in [5, 5.41) is 3.30. The Hall–Kier alpha value is -0.960. The number of rotatable bonds is 4. The molecule has 3 atom stereocenters. The van der Waals surface area contributed by atoms with Crippen molar-refractivity contribution in [1.29, 1.82) is 0 Å². The van der Waals surface area contributed by atoms with Gasteiger partial charge in [-0.3, -0.25) is 0 Å². The highest BCUT2D eigenvalue weighted by molar-refractivity contribution is 5.21. The molecule has 0 aliphatic heterocycles. The van der Waals surface area contributed by atoms with Crippen LogP contribution in [0.5, 0.6) is 0 Å². The Kier molecular flexibility index (Phi) is 3.10. The number of likely N-dealkylation sites (N-methyl/N-ethyl adjacent to an activating group) is 1. The molecule has 2 fully saturated rings. The molecule has 18 heavy (non-hydrogen) atoms. The van der Waals surface area contributed by atoms with E-state index in [9.17, 15) is 8.78 Å². The van der Waals surface area contributed by atoms with Crippen LogP contribution in [-0.2, 0) is 6.42 Å². The first-order chi connectivity index (χ1) is 8.70. The standard InChI is InChI=1S/C15H19F2N/c1-18-14(15-11-3-2-4-12(11)15)8-9-7-10(16)5-6-13(9)17/h5-7,11-12,14-15,18H,2-4,8H2,1H3. The number of nitrogens with one attached hydrogen (secondary N) is 1. The smallest absolute Gasteiger partial charge is 0.126 e. The first-order valence-corrected chi connectivity index (χ1v) is 6.82. The van der Waals surface area contributed by atoms with Crippen molar-refractivity contribution in [2.45, 2.75) is 31.7 Å². The van der Waals surface area contributed by atoms with Gasteiger partial charge in [0.15, 0.2) is 0 Å². The Morgan fingerprint density at radius 3 is 2.67 bits per heavy atom. The van der Waals surface area contributed by atoms with Crippen molar-refractivity contribution in [2.24, 2.45) is 17.8 Å². The van der Waals surface area contributed by atoms with Crippen LogP contribution in [0.3, 0.4) is 0 Å². The van der Waals surface area contributed by atoms with Crippen molar-refractivity contribution < 1.29 is 8.78 Å². The summed E-state index contributed by atoms with van der Waals surface area (Å²) in [6.07, 6.45) is 4.58. The quantitative estimate of drug-likeness (QED) is 0.867. The Labute approximate surface area is 107 Å². The van der Waals surface area contributed by atoms with Crippen LogP contribution in [-0.4, -0.2) is 13.1 Å². The Morgan fingerprint density at radius 1 is 1.28 bits per heavy atom. The molecular weight excluding hydrogens is 232 g/mol. The molecule has 0 saturated heterocycles. The van der Waals surface area contributed by atoms with Crippen molar-refractivity contribution >= 4 is 0 Å². The molecule has 2 saturated carbocycles. The first kappa shape index (κ1) is 12.1. The molecule has 0 radical (unpaired) electrons. The number of hydrogen-bond donors (Lipinski definition) is 1. The molecule has 0 aromatic heterocycles. The van der Waals surface area contributed by atoms with E-state index in [0.29, 0.717) is 17.9 Å². The van der Waals surface area contributed by atoms with Gasteiger partial charge < -0.3 is 5.32 Å². The van der Waals surface area contributed by atoms with Crippen LogP contribution in [0, 0.1) is 29.4 Å². The summed E-state index contributed by atoms with van der Waals surface area (Å²) in [6.45, 7) is 0. The number of hydrogen-bond acceptors (Lipinski definition) is 1. The summed E-state index contributed by atoms with van der Waals surface area (Å²) in [6, 6.07) is 4.03. The lowest BCUT2D eigenvalue weighted by Gasteiger charge is -2.18. The fourth-order valence-corrected chi connectivity index (χ4v) is 3.84. The van der Waals surface area contributed by atoms with Gasteiger partial charge in [0, 0.05) is 6.04 Å². The van der Waals surface area contributed by atoms with Gasteiger partial charge in [-0.15, -0.1) is 0 Å². The third-order valence-electron chi connectivity index (χ3n) is 4.76. The zero-order chi connectivity index (χ0) is 12.7. The second-order valence-electron chi connectivity index (χ2n) is 5.67. The monoisotopic (exact) mass is 251 g/mol. The van der Waals surface area contributed by atoms with Crippen LogP contribution in [0.2, 0.25) is 0 Å². The number of halogens is 2. The molecule has 1 N–H and O–H groups in total. The van der Waals surface area contributed by atoms with Crippen LogP contribution in [0.15, 0.2) is 18.2 Å². The molecule has 0 bridgehead atoms. The minimum atomic E-state index is -0.350.